The first-order chi connectivity index (χ1) is 12.7. The van der Waals surface area contributed by atoms with Crippen LogP contribution in [0.2, 0.25) is 20.1 Å². The van der Waals surface area contributed by atoms with Crippen molar-refractivity contribution in [1.29, 1.82) is 0 Å². The van der Waals surface area contributed by atoms with Crippen LogP contribution in [0, 0.1) is 0 Å². The largest absolute Gasteiger partial charge is 0.354 e. The molecule has 0 bridgehead atoms. The molecule has 140 valence electrons. The van der Waals surface area contributed by atoms with E-state index in [2.05, 4.69) is 10.0 Å². The average molecular weight is 462 g/mol. The molecular formula is C18H12Cl4N2O2S. The molecular weight excluding hydrogens is 450 g/mol. The Morgan fingerprint density at radius 2 is 1.22 bits per heavy atom. The van der Waals surface area contributed by atoms with Crippen molar-refractivity contribution in [2.24, 2.45) is 0 Å². The number of rotatable bonds is 5. The number of halogens is 4. The molecule has 0 radical (unpaired) electrons. The topological polar surface area (TPSA) is 58.2 Å². The van der Waals surface area contributed by atoms with Gasteiger partial charge in [-0.15, -0.1) is 0 Å². The summed E-state index contributed by atoms with van der Waals surface area (Å²) in [6.07, 6.45) is 0. The molecule has 0 atom stereocenters. The van der Waals surface area contributed by atoms with Gasteiger partial charge in [-0.1, -0.05) is 46.4 Å². The van der Waals surface area contributed by atoms with E-state index in [1.807, 2.05) is 0 Å². The molecule has 0 saturated heterocycles. The number of hydrogen-bond donors (Lipinski definition) is 2. The van der Waals surface area contributed by atoms with Crippen LogP contribution in [-0.4, -0.2) is 8.42 Å². The zero-order valence-corrected chi connectivity index (χ0v) is 17.4. The zero-order chi connectivity index (χ0) is 19.6. The quantitative estimate of drug-likeness (QED) is 0.437. The fraction of sp³-hybridized carbons (Fsp3) is 0. The first kappa shape index (κ1) is 20.1. The van der Waals surface area contributed by atoms with E-state index in [9.17, 15) is 8.42 Å². The number of sulfonamides is 1. The van der Waals surface area contributed by atoms with Crippen molar-refractivity contribution in [3.63, 3.8) is 0 Å². The second kappa shape index (κ2) is 8.17. The van der Waals surface area contributed by atoms with E-state index < -0.39 is 10.0 Å². The summed E-state index contributed by atoms with van der Waals surface area (Å²) >= 11 is 23.9. The van der Waals surface area contributed by atoms with Gasteiger partial charge in [-0.2, -0.15) is 0 Å². The summed E-state index contributed by atoms with van der Waals surface area (Å²) < 4.78 is 27.5. The molecule has 0 amide bonds. The lowest BCUT2D eigenvalue weighted by atomic mass is 10.2. The summed E-state index contributed by atoms with van der Waals surface area (Å²) in [5.74, 6) is 0. The molecule has 0 aliphatic carbocycles. The van der Waals surface area contributed by atoms with E-state index in [4.69, 9.17) is 46.4 Å². The van der Waals surface area contributed by atoms with E-state index in [-0.39, 0.29) is 14.9 Å². The Balaban J connectivity index is 1.79. The first-order valence-electron chi connectivity index (χ1n) is 7.54. The third-order valence-corrected chi connectivity index (χ3v) is 6.19. The van der Waals surface area contributed by atoms with E-state index >= 15 is 0 Å². The minimum absolute atomic E-state index is 0.0841. The van der Waals surface area contributed by atoms with Crippen molar-refractivity contribution in [2.45, 2.75) is 4.90 Å². The van der Waals surface area contributed by atoms with Gasteiger partial charge in [-0.05, 0) is 60.7 Å². The second-order valence-electron chi connectivity index (χ2n) is 5.51. The molecule has 0 aliphatic heterocycles. The lowest BCUT2D eigenvalue weighted by Crippen LogP contribution is -2.13. The van der Waals surface area contributed by atoms with Gasteiger partial charge in [-0.25, -0.2) is 8.42 Å². The predicted molar refractivity (Wildman–Crippen MR) is 113 cm³/mol. The van der Waals surface area contributed by atoms with E-state index in [0.717, 1.165) is 0 Å². The highest BCUT2D eigenvalue weighted by Crippen LogP contribution is 2.30. The Kier molecular flexibility index (Phi) is 6.08. The van der Waals surface area contributed by atoms with Gasteiger partial charge in [0.2, 0.25) is 0 Å². The van der Waals surface area contributed by atoms with Crippen molar-refractivity contribution in [3.8, 4) is 0 Å². The Labute approximate surface area is 177 Å². The van der Waals surface area contributed by atoms with Gasteiger partial charge in [0.15, 0.2) is 0 Å². The van der Waals surface area contributed by atoms with Gasteiger partial charge in [0.1, 0.15) is 4.90 Å². The molecule has 0 fully saturated rings. The number of nitrogens with one attached hydrogen (secondary N) is 2. The Morgan fingerprint density at radius 3 is 1.89 bits per heavy atom. The van der Waals surface area contributed by atoms with Crippen molar-refractivity contribution in [2.75, 3.05) is 10.0 Å². The van der Waals surface area contributed by atoms with Crippen LogP contribution < -0.4 is 10.0 Å². The van der Waals surface area contributed by atoms with E-state index in [1.165, 1.54) is 18.2 Å². The fourth-order valence-electron chi connectivity index (χ4n) is 2.26. The van der Waals surface area contributed by atoms with Crippen LogP contribution in [0.5, 0.6) is 0 Å². The summed E-state index contributed by atoms with van der Waals surface area (Å²) in [7, 11) is -3.88. The lowest BCUT2D eigenvalue weighted by molar-refractivity contribution is 0.601. The van der Waals surface area contributed by atoms with Crippen molar-refractivity contribution >= 4 is 73.5 Å². The molecule has 0 aromatic heterocycles. The molecule has 3 aromatic carbocycles. The first-order valence-corrected chi connectivity index (χ1v) is 10.5. The highest BCUT2D eigenvalue weighted by atomic mass is 35.5. The minimum Gasteiger partial charge on any atom is -0.354 e. The van der Waals surface area contributed by atoms with E-state index in [1.54, 1.807) is 42.5 Å². The van der Waals surface area contributed by atoms with Crippen LogP contribution in [0.4, 0.5) is 17.1 Å². The Bertz CT molecular complexity index is 1090. The van der Waals surface area contributed by atoms with Gasteiger partial charge in [0, 0.05) is 21.4 Å². The normalized spacial score (nSPS) is 11.3. The van der Waals surface area contributed by atoms with Crippen LogP contribution in [0.3, 0.4) is 0 Å². The minimum atomic E-state index is -3.88. The van der Waals surface area contributed by atoms with Crippen LogP contribution in [0.15, 0.2) is 65.6 Å². The molecule has 4 nitrogen and oxygen atoms in total. The van der Waals surface area contributed by atoms with Gasteiger partial charge in [-0.3, -0.25) is 4.72 Å². The monoisotopic (exact) mass is 460 g/mol. The van der Waals surface area contributed by atoms with Crippen LogP contribution in [-0.2, 0) is 10.0 Å². The van der Waals surface area contributed by atoms with Crippen molar-refractivity contribution < 1.29 is 8.42 Å². The summed E-state index contributed by atoms with van der Waals surface area (Å²) in [4.78, 5) is -0.0930. The SMILES string of the molecule is O=S(=O)(Nc1ccc(Nc2cc(Cl)ccc2Cl)cc1)c1cc(Cl)ccc1Cl. The summed E-state index contributed by atoms with van der Waals surface area (Å²) in [5.41, 5.74) is 1.72. The van der Waals surface area contributed by atoms with Gasteiger partial charge in [0.25, 0.3) is 10.0 Å². The van der Waals surface area contributed by atoms with Gasteiger partial charge < -0.3 is 5.32 Å². The maximum atomic E-state index is 12.5. The van der Waals surface area contributed by atoms with Crippen molar-refractivity contribution in [3.05, 3.63) is 80.8 Å². The molecule has 0 spiro atoms. The molecule has 0 saturated carbocycles. The third kappa shape index (κ3) is 5.00. The maximum absolute atomic E-state index is 12.5. The average Bonchev–Trinajstić information content (AvgIpc) is 2.61. The number of hydrogen-bond acceptors (Lipinski definition) is 3. The molecule has 0 aliphatic rings. The standard InChI is InChI=1S/C18H12Cl4N2O2S/c19-11-1-7-15(21)17(9-11)23-13-3-5-14(6-4-13)24-27(25,26)18-10-12(20)2-8-16(18)22/h1-10,23-24H. The molecule has 3 aromatic rings. The maximum Gasteiger partial charge on any atom is 0.263 e. The highest BCUT2D eigenvalue weighted by molar-refractivity contribution is 7.92. The highest BCUT2D eigenvalue weighted by Gasteiger charge is 2.18. The van der Waals surface area contributed by atoms with Gasteiger partial charge in [0.05, 0.1) is 15.7 Å². The molecule has 0 unspecified atom stereocenters. The second-order valence-corrected chi connectivity index (χ2v) is 8.84. The number of anilines is 3. The van der Waals surface area contributed by atoms with Crippen molar-refractivity contribution in [1.82, 2.24) is 0 Å². The van der Waals surface area contributed by atoms with Crippen LogP contribution in [0.1, 0.15) is 0 Å². The molecule has 0 heterocycles. The molecule has 27 heavy (non-hydrogen) atoms. The smallest absolute Gasteiger partial charge is 0.263 e. The van der Waals surface area contributed by atoms with Gasteiger partial charge >= 0.3 is 0 Å². The van der Waals surface area contributed by atoms with E-state index in [0.29, 0.717) is 27.1 Å². The predicted octanol–water partition coefficient (Wildman–Crippen LogP) is 6.84. The third-order valence-electron chi connectivity index (χ3n) is 3.53. The van der Waals surface area contributed by atoms with Crippen LogP contribution >= 0.6 is 46.4 Å². The Hall–Kier alpha value is -1.63. The summed E-state index contributed by atoms with van der Waals surface area (Å²) in [6.45, 7) is 0. The summed E-state index contributed by atoms with van der Waals surface area (Å²) in [6, 6.07) is 15.9. The lowest BCUT2D eigenvalue weighted by Gasteiger charge is -2.12. The Morgan fingerprint density at radius 1 is 0.667 bits per heavy atom. The molecule has 2 N–H and O–H groups in total. The fourth-order valence-corrected chi connectivity index (χ4v) is 4.42. The van der Waals surface area contributed by atoms with Crippen LogP contribution in [0.25, 0.3) is 0 Å². The number of benzene rings is 3. The summed E-state index contributed by atoms with van der Waals surface area (Å²) in [5, 5.41) is 4.54. The molecule has 9 heteroatoms. The molecule has 3 rings (SSSR count). The zero-order valence-electron chi connectivity index (χ0n) is 13.5.